The van der Waals surface area contributed by atoms with Crippen LogP contribution < -0.4 is 24.4 Å². The van der Waals surface area contributed by atoms with Gasteiger partial charge in [-0.2, -0.15) is 0 Å². The maximum absolute atomic E-state index is 14.2. The molecule has 2 aliphatic rings. The number of aryl methyl sites for hydroxylation is 1. The second-order valence-corrected chi connectivity index (χ2v) is 13.7. The van der Waals surface area contributed by atoms with Gasteiger partial charge in [0.05, 0.1) is 40.7 Å². The maximum Gasteiger partial charge on any atom is 0.271 e. The smallest absolute Gasteiger partial charge is 0.271 e. The number of methoxy groups -OCH3 is 2. The average Bonchev–Trinajstić information content (AvgIpc) is 3.76. The molecule has 3 aromatic carbocycles. The minimum atomic E-state index is -0.386. The lowest BCUT2D eigenvalue weighted by molar-refractivity contribution is 0.392. The first-order chi connectivity index (χ1) is 21.6. The first-order valence-electron chi connectivity index (χ1n) is 14.1. The van der Waals surface area contributed by atoms with Crippen molar-refractivity contribution in [3.05, 3.63) is 127 Å². The summed E-state index contributed by atoms with van der Waals surface area (Å²) < 4.78 is 22.0. The summed E-state index contributed by atoms with van der Waals surface area (Å²) >= 11 is 4.48. The van der Waals surface area contributed by atoms with Crippen molar-refractivity contribution in [2.24, 2.45) is 4.99 Å². The summed E-state index contributed by atoms with van der Waals surface area (Å²) in [5, 5.41) is 0.717. The zero-order valence-corrected chi connectivity index (χ0v) is 26.2. The Balaban J connectivity index is 1.25. The lowest BCUT2D eigenvalue weighted by atomic mass is 9.83. The van der Waals surface area contributed by atoms with Gasteiger partial charge >= 0.3 is 0 Å². The molecule has 10 heteroatoms. The molecule has 1 aliphatic heterocycles. The molecule has 0 fully saturated rings. The monoisotopic (exact) mass is 635 g/mol. The van der Waals surface area contributed by atoms with Crippen LogP contribution in [0.5, 0.6) is 11.5 Å². The Morgan fingerprint density at radius 1 is 0.977 bits per heavy atom. The molecule has 4 heterocycles. The van der Waals surface area contributed by atoms with E-state index in [9.17, 15) is 4.79 Å². The van der Waals surface area contributed by atoms with E-state index in [0.29, 0.717) is 31.7 Å². The van der Waals surface area contributed by atoms with Gasteiger partial charge in [-0.25, -0.2) is 9.98 Å². The molecule has 0 radical (unpaired) electrons. The van der Waals surface area contributed by atoms with E-state index < -0.39 is 0 Å². The number of rotatable bonds is 6. The number of aromatic nitrogens is 2. The highest BCUT2D eigenvalue weighted by Crippen LogP contribution is 2.44. The molecule has 44 heavy (non-hydrogen) atoms. The molecule has 7 nitrogen and oxygen atoms in total. The number of hydrogen-bond donors (Lipinski definition) is 0. The van der Waals surface area contributed by atoms with Crippen LogP contribution in [-0.4, -0.2) is 23.8 Å². The highest BCUT2D eigenvalue weighted by atomic mass is 32.2. The summed E-state index contributed by atoms with van der Waals surface area (Å²) in [5.74, 6) is 2.00. The lowest BCUT2D eigenvalue weighted by Crippen LogP contribution is -2.39. The lowest BCUT2D eigenvalue weighted by Gasteiger charge is -2.31. The average molecular weight is 636 g/mol. The van der Waals surface area contributed by atoms with Gasteiger partial charge in [0.25, 0.3) is 5.56 Å². The summed E-state index contributed by atoms with van der Waals surface area (Å²) in [6.45, 7) is 0. The predicted octanol–water partition coefficient (Wildman–Crippen LogP) is 6.69. The van der Waals surface area contributed by atoms with Crippen LogP contribution in [0.25, 0.3) is 22.0 Å². The molecule has 0 unspecified atom stereocenters. The van der Waals surface area contributed by atoms with E-state index in [1.54, 1.807) is 30.1 Å². The predicted molar refractivity (Wildman–Crippen MR) is 175 cm³/mol. The first kappa shape index (κ1) is 27.2. The van der Waals surface area contributed by atoms with Crippen molar-refractivity contribution < 1.29 is 13.9 Å². The molecular formula is C34H25N3O4S3. The number of furan rings is 1. The molecule has 0 amide bonds. The summed E-state index contributed by atoms with van der Waals surface area (Å²) in [7, 11) is 3.30. The Morgan fingerprint density at radius 3 is 2.70 bits per heavy atom. The van der Waals surface area contributed by atoms with Gasteiger partial charge < -0.3 is 13.9 Å². The number of benzene rings is 3. The Labute approximate surface area is 264 Å². The van der Waals surface area contributed by atoms with E-state index in [1.165, 1.54) is 28.7 Å². The summed E-state index contributed by atoms with van der Waals surface area (Å²) in [4.78, 5) is 24.7. The fourth-order valence-electron chi connectivity index (χ4n) is 5.93. The fraction of sp³-hybridized carbons (Fsp3) is 0.147. The van der Waals surface area contributed by atoms with Crippen LogP contribution in [0.2, 0.25) is 0 Å². The van der Waals surface area contributed by atoms with Crippen molar-refractivity contribution in [2.45, 2.75) is 28.3 Å². The van der Waals surface area contributed by atoms with Crippen molar-refractivity contribution in [1.29, 1.82) is 0 Å². The van der Waals surface area contributed by atoms with Crippen LogP contribution in [-0.2, 0) is 6.42 Å². The normalized spacial score (nSPS) is 16.0. The van der Waals surface area contributed by atoms with Crippen LogP contribution >= 0.6 is 34.4 Å². The van der Waals surface area contributed by atoms with E-state index in [-0.39, 0.29) is 11.6 Å². The molecule has 218 valence electrons. The number of allylic oxidation sites excluding steroid dienone is 1. The molecule has 0 saturated carbocycles. The van der Waals surface area contributed by atoms with Gasteiger partial charge in [-0.3, -0.25) is 9.36 Å². The molecule has 8 rings (SSSR count). The molecule has 0 bridgehead atoms. The Bertz CT molecular complexity index is 2260. The van der Waals surface area contributed by atoms with Crippen molar-refractivity contribution in [1.82, 2.24) is 9.55 Å². The zero-order chi connectivity index (χ0) is 29.8. The summed E-state index contributed by atoms with van der Waals surface area (Å²) in [6.07, 6.45) is 3.47. The van der Waals surface area contributed by atoms with Gasteiger partial charge in [-0.05, 0) is 78.2 Å². The van der Waals surface area contributed by atoms with Crippen molar-refractivity contribution in [2.75, 3.05) is 14.2 Å². The highest BCUT2D eigenvalue weighted by Gasteiger charge is 2.34. The molecule has 0 spiro atoms. The van der Waals surface area contributed by atoms with Crippen LogP contribution in [0.4, 0.5) is 0 Å². The van der Waals surface area contributed by atoms with Gasteiger partial charge in [0.2, 0.25) is 0 Å². The second-order valence-electron chi connectivity index (χ2n) is 10.4. The highest BCUT2D eigenvalue weighted by molar-refractivity contribution is 8.01. The fourth-order valence-corrected chi connectivity index (χ4v) is 8.88. The second kappa shape index (κ2) is 11.0. The largest absolute Gasteiger partial charge is 0.497 e. The molecule has 1 aliphatic carbocycles. The zero-order valence-electron chi connectivity index (χ0n) is 23.8. The van der Waals surface area contributed by atoms with Gasteiger partial charge in [-0.15, -0.1) is 11.3 Å². The van der Waals surface area contributed by atoms with E-state index in [0.717, 1.165) is 49.8 Å². The van der Waals surface area contributed by atoms with E-state index >= 15 is 0 Å². The third-order valence-electron chi connectivity index (χ3n) is 7.94. The topological polar surface area (TPSA) is 78.8 Å². The Hall–Kier alpha value is -4.38. The standard InChI is InChI=1S/C34H25N3O4S3/c1-39-20-12-15-26(40-2)24(17-20)31-23-14-11-19-7-3-4-8-22(19)30(23)36-33-37(31)32(38)28(42-33)18-21-13-16-29(41-21)44-34-35-25-9-5-6-10-27(25)43-34/h3-10,12-13,15-18,31H,11,14H2,1-2H3/b28-18-/t31-/m0/s1. The SMILES string of the molecule is COc1ccc(OC)c([C@@H]2C3=C(N=c4s/c(=C\c5ccc(Sc6nc7ccccc7s6)o5)c(=O)n42)c2ccccc2CC3)c1. The van der Waals surface area contributed by atoms with Gasteiger partial charge in [0.15, 0.2) is 14.2 Å². The molecule has 0 saturated heterocycles. The van der Waals surface area contributed by atoms with E-state index in [2.05, 4.69) is 24.3 Å². The number of para-hydroxylation sites is 1. The number of thiazole rings is 2. The third-order valence-corrected chi connectivity index (χ3v) is 10.9. The van der Waals surface area contributed by atoms with Crippen molar-refractivity contribution in [3.8, 4) is 11.5 Å². The molecule has 1 atom stereocenters. The van der Waals surface area contributed by atoms with Crippen LogP contribution in [0.15, 0.2) is 108 Å². The summed E-state index contributed by atoms with van der Waals surface area (Å²) in [5.41, 5.74) is 6.13. The number of fused-ring (bicyclic) bond motifs is 4. The van der Waals surface area contributed by atoms with Crippen LogP contribution in [0, 0.1) is 0 Å². The van der Waals surface area contributed by atoms with Crippen molar-refractivity contribution in [3.63, 3.8) is 0 Å². The molecule has 6 aromatic rings. The Kier molecular flexibility index (Phi) is 6.77. The van der Waals surface area contributed by atoms with Gasteiger partial charge in [0.1, 0.15) is 17.3 Å². The van der Waals surface area contributed by atoms with Crippen molar-refractivity contribution >= 4 is 56.4 Å². The third kappa shape index (κ3) is 4.61. The minimum absolute atomic E-state index is 0.120. The molecule has 3 aromatic heterocycles. The summed E-state index contributed by atoms with van der Waals surface area (Å²) in [6, 6.07) is 25.6. The molecular weight excluding hydrogens is 611 g/mol. The van der Waals surface area contributed by atoms with Crippen LogP contribution in [0.3, 0.4) is 0 Å². The Morgan fingerprint density at radius 2 is 1.84 bits per heavy atom. The van der Waals surface area contributed by atoms with E-state index in [4.69, 9.17) is 23.9 Å². The van der Waals surface area contributed by atoms with Gasteiger partial charge in [-0.1, -0.05) is 47.7 Å². The first-order valence-corrected chi connectivity index (χ1v) is 16.5. The van der Waals surface area contributed by atoms with Gasteiger partial charge in [0, 0.05) is 17.2 Å². The molecule has 0 N–H and O–H groups in total. The number of nitrogens with zero attached hydrogens (tertiary/aromatic N) is 3. The minimum Gasteiger partial charge on any atom is -0.497 e. The maximum atomic E-state index is 14.2. The quantitative estimate of drug-likeness (QED) is 0.203. The number of hydrogen-bond acceptors (Lipinski definition) is 9. The van der Waals surface area contributed by atoms with E-state index in [1.807, 2.05) is 60.7 Å². The van der Waals surface area contributed by atoms with Crippen LogP contribution in [0.1, 0.15) is 34.9 Å². The number of ether oxygens (including phenoxy) is 2.